The van der Waals surface area contributed by atoms with E-state index in [4.69, 9.17) is 0 Å². The van der Waals surface area contributed by atoms with Crippen molar-refractivity contribution in [3.8, 4) is 5.69 Å². The van der Waals surface area contributed by atoms with Gasteiger partial charge >= 0.3 is 5.69 Å². The SMILES string of the molecule is CCC(C)NC(=O)Cn1c(=O)n(-c2ccccc2F)c(=O)c2ccccc21. The van der Waals surface area contributed by atoms with Gasteiger partial charge in [-0.1, -0.05) is 31.2 Å². The molecule has 0 saturated carbocycles. The lowest BCUT2D eigenvalue weighted by Crippen LogP contribution is -2.43. The molecular weight excluding hydrogens is 349 g/mol. The maximum absolute atomic E-state index is 14.3. The third-order valence-corrected chi connectivity index (χ3v) is 4.47. The number of amides is 1. The van der Waals surface area contributed by atoms with Crippen LogP contribution in [0.3, 0.4) is 0 Å². The second-order valence-electron chi connectivity index (χ2n) is 6.35. The van der Waals surface area contributed by atoms with Crippen molar-refractivity contribution in [2.45, 2.75) is 32.9 Å². The zero-order chi connectivity index (χ0) is 19.6. The maximum Gasteiger partial charge on any atom is 0.336 e. The van der Waals surface area contributed by atoms with Crippen molar-refractivity contribution in [1.29, 1.82) is 0 Å². The highest BCUT2D eigenvalue weighted by Gasteiger charge is 2.18. The van der Waals surface area contributed by atoms with Gasteiger partial charge in [-0.15, -0.1) is 0 Å². The van der Waals surface area contributed by atoms with Crippen LogP contribution in [0.2, 0.25) is 0 Å². The Morgan fingerprint density at radius 2 is 1.78 bits per heavy atom. The van der Waals surface area contributed by atoms with E-state index in [0.29, 0.717) is 5.52 Å². The molecule has 3 aromatic rings. The number of benzene rings is 2. The van der Waals surface area contributed by atoms with Crippen molar-refractivity contribution < 1.29 is 9.18 Å². The fourth-order valence-corrected chi connectivity index (χ4v) is 2.89. The quantitative estimate of drug-likeness (QED) is 0.749. The van der Waals surface area contributed by atoms with Gasteiger partial charge in [-0.3, -0.25) is 14.2 Å². The molecule has 0 saturated heterocycles. The number of halogens is 1. The van der Waals surface area contributed by atoms with Crippen molar-refractivity contribution >= 4 is 16.8 Å². The summed E-state index contributed by atoms with van der Waals surface area (Å²) in [6, 6.07) is 12.0. The average molecular weight is 369 g/mol. The fraction of sp³-hybridized carbons (Fsp3) is 0.250. The molecule has 1 N–H and O–H groups in total. The van der Waals surface area contributed by atoms with E-state index >= 15 is 0 Å². The van der Waals surface area contributed by atoms with Crippen molar-refractivity contribution in [1.82, 2.24) is 14.5 Å². The molecule has 1 amide bonds. The minimum Gasteiger partial charge on any atom is -0.352 e. The van der Waals surface area contributed by atoms with Gasteiger partial charge in [-0.2, -0.15) is 0 Å². The second-order valence-corrected chi connectivity index (χ2v) is 6.35. The van der Waals surface area contributed by atoms with Gasteiger partial charge in [0.25, 0.3) is 5.56 Å². The molecule has 0 aliphatic heterocycles. The van der Waals surface area contributed by atoms with Crippen molar-refractivity contribution in [2.24, 2.45) is 0 Å². The maximum atomic E-state index is 14.3. The first-order valence-electron chi connectivity index (χ1n) is 8.73. The normalized spacial score (nSPS) is 12.1. The molecule has 3 rings (SSSR count). The molecule has 140 valence electrons. The first-order chi connectivity index (χ1) is 12.9. The Labute approximate surface area is 154 Å². The Hall–Kier alpha value is -3.22. The number of aromatic nitrogens is 2. The minimum atomic E-state index is -0.761. The van der Waals surface area contributed by atoms with Gasteiger partial charge in [0.15, 0.2) is 0 Å². The Balaban J connectivity index is 2.25. The molecular formula is C20H20FN3O3. The number of nitrogens with one attached hydrogen (secondary N) is 1. The summed E-state index contributed by atoms with van der Waals surface area (Å²) >= 11 is 0. The van der Waals surface area contributed by atoms with Crippen molar-refractivity contribution in [3.63, 3.8) is 0 Å². The van der Waals surface area contributed by atoms with Gasteiger partial charge in [-0.05, 0) is 37.6 Å². The first-order valence-corrected chi connectivity index (χ1v) is 8.73. The average Bonchev–Trinajstić information content (AvgIpc) is 2.66. The molecule has 1 aromatic heterocycles. The Kier molecular flexibility index (Phi) is 5.21. The van der Waals surface area contributed by atoms with Crippen LogP contribution in [0.4, 0.5) is 4.39 Å². The van der Waals surface area contributed by atoms with E-state index in [1.54, 1.807) is 30.3 Å². The Bertz CT molecular complexity index is 1120. The molecule has 6 nitrogen and oxygen atoms in total. The van der Waals surface area contributed by atoms with Gasteiger partial charge in [0.05, 0.1) is 16.6 Å². The van der Waals surface area contributed by atoms with Crippen molar-refractivity contribution in [3.05, 3.63) is 75.2 Å². The van der Waals surface area contributed by atoms with E-state index < -0.39 is 17.1 Å². The Morgan fingerprint density at radius 1 is 1.11 bits per heavy atom. The van der Waals surface area contributed by atoms with Crippen molar-refractivity contribution in [2.75, 3.05) is 0 Å². The predicted octanol–water partition coefficient (Wildman–Crippen LogP) is 2.21. The summed E-state index contributed by atoms with van der Waals surface area (Å²) in [7, 11) is 0. The molecule has 0 aliphatic rings. The second kappa shape index (κ2) is 7.57. The first kappa shape index (κ1) is 18.6. The van der Waals surface area contributed by atoms with Gasteiger partial charge in [0.2, 0.25) is 5.91 Å². The number of para-hydroxylation sites is 2. The zero-order valence-electron chi connectivity index (χ0n) is 15.1. The summed E-state index contributed by atoms with van der Waals surface area (Å²) in [5, 5.41) is 3.03. The highest BCUT2D eigenvalue weighted by atomic mass is 19.1. The number of carbonyl (C=O) groups excluding carboxylic acids is 1. The molecule has 2 aromatic carbocycles. The molecule has 1 heterocycles. The van der Waals surface area contributed by atoms with Gasteiger partial charge in [0, 0.05) is 6.04 Å². The Morgan fingerprint density at radius 3 is 2.48 bits per heavy atom. The summed E-state index contributed by atoms with van der Waals surface area (Å²) in [4.78, 5) is 38.2. The highest BCUT2D eigenvalue weighted by molar-refractivity contribution is 5.82. The largest absolute Gasteiger partial charge is 0.352 e. The van der Waals surface area contributed by atoms with Gasteiger partial charge in [0.1, 0.15) is 12.4 Å². The van der Waals surface area contributed by atoms with Gasteiger partial charge < -0.3 is 5.32 Å². The van der Waals surface area contributed by atoms with Crippen LogP contribution in [0.15, 0.2) is 58.1 Å². The van der Waals surface area contributed by atoms with E-state index in [1.807, 2.05) is 13.8 Å². The van der Waals surface area contributed by atoms with E-state index in [9.17, 15) is 18.8 Å². The molecule has 0 radical (unpaired) electrons. The number of hydrogen-bond donors (Lipinski definition) is 1. The summed E-state index contributed by atoms with van der Waals surface area (Å²) in [5.41, 5.74) is -1.20. The number of fused-ring (bicyclic) bond motifs is 1. The third kappa shape index (κ3) is 3.53. The summed E-state index contributed by atoms with van der Waals surface area (Å²) in [6.07, 6.45) is 0.746. The lowest BCUT2D eigenvalue weighted by molar-refractivity contribution is -0.122. The van der Waals surface area contributed by atoms with Gasteiger partial charge in [-0.25, -0.2) is 13.8 Å². The number of rotatable bonds is 5. The predicted molar refractivity (Wildman–Crippen MR) is 102 cm³/mol. The molecule has 1 atom stereocenters. The van der Waals surface area contributed by atoms with E-state index in [-0.39, 0.29) is 29.6 Å². The lowest BCUT2D eigenvalue weighted by atomic mass is 10.2. The van der Waals surface area contributed by atoms with Crippen LogP contribution in [-0.2, 0) is 11.3 Å². The van der Waals surface area contributed by atoms with Crippen LogP contribution < -0.4 is 16.6 Å². The zero-order valence-corrected chi connectivity index (χ0v) is 15.1. The lowest BCUT2D eigenvalue weighted by Gasteiger charge is -2.16. The molecule has 0 fully saturated rings. The third-order valence-electron chi connectivity index (χ3n) is 4.47. The van der Waals surface area contributed by atoms with E-state index in [1.165, 1.54) is 22.8 Å². The van der Waals surface area contributed by atoms with Crippen LogP contribution in [0, 0.1) is 5.82 Å². The number of hydrogen-bond acceptors (Lipinski definition) is 3. The van der Waals surface area contributed by atoms with Crippen LogP contribution in [0.5, 0.6) is 0 Å². The fourth-order valence-electron chi connectivity index (χ4n) is 2.89. The number of carbonyl (C=O) groups is 1. The highest BCUT2D eigenvalue weighted by Crippen LogP contribution is 2.12. The smallest absolute Gasteiger partial charge is 0.336 e. The summed E-state index contributed by atoms with van der Waals surface area (Å²) < 4.78 is 16.2. The molecule has 0 spiro atoms. The van der Waals surface area contributed by atoms with E-state index in [2.05, 4.69) is 5.32 Å². The summed E-state index contributed by atoms with van der Waals surface area (Å²) in [6.45, 7) is 3.53. The monoisotopic (exact) mass is 369 g/mol. The standard InChI is InChI=1S/C20H20FN3O3/c1-3-13(2)22-18(25)12-23-16-10-6-4-8-14(16)19(26)24(20(23)27)17-11-7-5-9-15(17)21/h4-11,13H,3,12H2,1-2H3,(H,22,25). The molecule has 0 bridgehead atoms. The summed E-state index contributed by atoms with van der Waals surface area (Å²) in [5.74, 6) is -1.04. The minimum absolute atomic E-state index is 0.0445. The molecule has 1 unspecified atom stereocenters. The van der Waals surface area contributed by atoms with E-state index in [0.717, 1.165) is 11.0 Å². The van der Waals surface area contributed by atoms with Crippen LogP contribution >= 0.6 is 0 Å². The molecule has 7 heteroatoms. The number of nitrogens with zero attached hydrogens (tertiary/aromatic N) is 2. The molecule has 0 aliphatic carbocycles. The van der Waals surface area contributed by atoms with Crippen LogP contribution in [0.25, 0.3) is 16.6 Å². The topological polar surface area (TPSA) is 73.1 Å². The van der Waals surface area contributed by atoms with Crippen LogP contribution in [0.1, 0.15) is 20.3 Å². The molecule has 27 heavy (non-hydrogen) atoms. The van der Waals surface area contributed by atoms with Crippen LogP contribution in [-0.4, -0.2) is 21.1 Å².